The third-order valence-corrected chi connectivity index (χ3v) is 4.13. The molecule has 0 spiro atoms. The fourth-order valence-corrected chi connectivity index (χ4v) is 2.75. The molecule has 3 rings (SSSR count). The Morgan fingerprint density at radius 2 is 1.92 bits per heavy atom. The number of carbonyl (C=O) groups is 2. The normalized spacial score (nSPS) is 15.0. The van der Waals surface area contributed by atoms with Crippen LogP contribution >= 0.6 is 0 Å². The van der Waals surface area contributed by atoms with Crippen LogP contribution in [0.1, 0.15) is 23.3 Å². The first-order valence-corrected chi connectivity index (χ1v) is 7.98. The number of halogens is 2. The summed E-state index contributed by atoms with van der Waals surface area (Å²) in [6, 6.07) is 5.96. The van der Waals surface area contributed by atoms with Gasteiger partial charge in [-0.25, -0.2) is 13.6 Å². The highest BCUT2D eigenvalue weighted by atomic mass is 19.1. The highest BCUT2D eigenvalue weighted by Gasteiger charge is 2.24. The number of benzene rings is 1. The van der Waals surface area contributed by atoms with Crippen molar-refractivity contribution in [3.8, 4) is 0 Å². The summed E-state index contributed by atoms with van der Waals surface area (Å²) < 4.78 is 26.5. The summed E-state index contributed by atoms with van der Waals surface area (Å²) in [6.07, 6.45) is 2.88. The van der Waals surface area contributed by atoms with E-state index >= 15 is 0 Å². The molecule has 1 aliphatic rings. The van der Waals surface area contributed by atoms with Crippen molar-refractivity contribution in [1.82, 2.24) is 15.2 Å². The van der Waals surface area contributed by atoms with Gasteiger partial charge in [-0.3, -0.25) is 4.79 Å². The predicted octanol–water partition coefficient (Wildman–Crippen LogP) is 2.72. The Hall–Kier alpha value is -2.90. The maximum Gasteiger partial charge on any atom is 0.321 e. The summed E-state index contributed by atoms with van der Waals surface area (Å²) in [5, 5.41) is 5.35. The van der Waals surface area contributed by atoms with Crippen LogP contribution in [0.15, 0.2) is 36.5 Å². The number of hydrogen-bond acceptors (Lipinski definition) is 2. The van der Waals surface area contributed by atoms with Crippen molar-refractivity contribution < 1.29 is 18.4 Å². The standard InChI is InChI=1S/C17H18F2N4O2/c18-11-3-4-14(13(19)10-11)22-17(25)23-8-5-12(6-9-23)21-16(24)15-2-1-7-20-15/h1-4,7,10,12,20H,5-6,8-9H2,(H,21,24)(H,22,25). The molecule has 25 heavy (non-hydrogen) atoms. The molecular weight excluding hydrogens is 330 g/mol. The zero-order valence-corrected chi connectivity index (χ0v) is 13.4. The second-order valence-corrected chi connectivity index (χ2v) is 5.87. The zero-order valence-electron chi connectivity index (χ0n) is 13.4. The molecule has 6 nitrogen and oxygen atoms in total. The van der Waals surface area contributed by atoms with E-state index in [9.17, 15) is 18.4 Å². The average molecular weight is 348 g/mol. The van der Waals surface area contributed by atoms with E-state index in [0.717, 1.165) is 12.1 Å². The topological polar surface area (TPSA) is 77.2 Å². The Morgan fingerprint density at radius 3 is 2.56 bits per heavy atom. The molecule has 1 aliphatic heterocycles. The molecule has 2 heterocycles. The lowest BCUT2D eigenvalue weighted by molar-refractivity contribution is 0.0915. The van der Waals surface area contributed by atoms with Gasteiger partial charge in [0.05, 0.1) is 5.69 Å². The molecule has 0 bridgehead atoms. The average Bonchev–Trinajstić information content (AvgIpc) is 3.13. The Kier molecular flexibility index (Phi) is 4.97. The lowest BCUT2D eigenvalue weighted by atomic mass is 10.1. The van der Waals surface area contributed by atoms with Gasteiger partial charge in [0.15, 0.2) is 0 Å². The molecule has 0 radical (unpaired) electrons. The van der Waals surface area contributed by atoms with E-state index in [1.165, 1.54) is 6.07 Å². The number of aromatic amines is 1. The zero-order chi connectivity index (χ0) is 17.8. The lowest BCUT2D eigenvalue weighted by Crippen LogP contribution is -2.47. The van der Waals surface area contributed by atoms with Crippen LogP contribution in [0.5, 0.6) is 0 Å². The number of urea groups is 1. The molecule has 2 aromatic rings. The SMILES string of the molecule is O=C(NC1CCN(C(=O)Nc2ccc(F)cc2F)CC1)c1ccc[nH]1. The van der Waals surface area contributed by atoms with Crippen LogP contribution in [-0.4, -0.2) is 41.0 Å². The molecule has 3 N–H and O–H groups in total. The minimum atomic E-state index is -0.818. The van der Waals surface area contributed by atoms with E-state index in [1.54, 1.807) is 23.2 Å². The first kappa shape index (κ1) is 16.9. The number of carbonyl (C=O) groups excluding carboxylic acids is 2. The number of aromatic nitrogens is 1. The molecule has 1 saturated heterocycles. The molecule has 132 valence electrons. The van der Waals surface area contributed by atoms with Crippen LogP contribution in [0.25, 0.3) is 0 Å². The van der Waals surface area contributed by atoms with Crippen LogP contribution in [0.2, 0.25) is 0 Å². The first-order valence-electron chi connectivity index (χ1n) is 7.98. The number of hydrogen-bond donors (Lipinski definition) is 3. The molecule has 0 atom stereocenters. The van der Waals surface area contributed by atoms with Crippen LogP contribution in [0.3, 0.4) is 0 Å². The van der Waals surface area contributed by atoms with Gasteiger partial charge in [0.1, 0.15) is 17.3 Å². The predicted molar refractivity (Wildman–Crippen MR) is 88.2 cm³/mol. The number of anilines is 1. The number of nitrogens with zero attached hydrogens (tertiary/aromatic N) is 1. The van der Waals surface area contributed by atoms with Crippen LogP contribution in [-0.2, 0) is 0 Å². The van der Waals surface area contributed by atoms with E-state index in [1.807, 2.05) is 0 Å². The number of H-pyrrole nitrogens is 1. The highest BCUT2D eigenvalue weighted by Crippen LogP contribution is 2.17. The quantitative estimate of drug-likeness (QED) is 0.798. The molecule has 1 aromatic heterocycles. The summed E-state index contributed by atoms with van der Waals surface area (Å²) in [5.74, 6) is -1.70. The van der Waals surface area contributed by atoms with E-state index < -0.39 is 17.7 Å². The minimum Gasteiger partial charge on any atom is -0.357 e. The summed E-state index contributed by atoms with van der Waals surface area (Å²) in [6.45, 7) is 0.870. The smallest absolute Gasteiger partial charge is 0.321 e. The Morgan fingerprint density at radius 1 is 1.16 bits per heavy atom. The van der Waals surface area contributed by atoms with Gasteiger partial charge in [-0.15, -0.1) is 0 Å². The molecular formula is C17H18F2N4O2. The van der Waals surface area contributed by atoms with Gasteiger partial charge in [-0.2, -0.15) is 0 Å². The van der Waals surface area contributed by atoms with Gasteiger partial charge in [0.2, 0.25) is 0 Å². The number of likely N-dealkylation sites (tertiary alicyclic amines) is 1. The van der Waals surface area contributed by atoms with Gasteiger partial charge < -0.3 is 20.5 Å². The maximum atomic E-state index is 13.6. The molecule has 8 heteroatoms. The summed E-state index contributed by atoms with van der Waals surface area (Å²) in [4.78, 5) is 28.6. The fourth-order valence-electron chi connectivity index (χ4n) is 2.75. The molecule has 1 fully saturated rings. The highest BCUT2D eigenvalue weighted by molar-refractivity contribution is 5.92. The molecule has 0 aliphatic carbocycles. The maximum absolute atomic E-state index is 13.6. The van der Waals surface area contributed by atoms with Crippen molar-refractivity contribution in [2.24, 2.45) is 0 Å². The number of piperidine rings is 1. The third-order valence-electron chi connectivity index (χ3n) is 4.13. The van der Waals surface area contributed by atoms with E-state index in [0.29, 0.717) is 31.6 Å². The van der Waals surface area contributed by atoms with Crippen LogP contribution < -0.4 is 10.6 Å². The van der Waals surface area contributed by atoms with Crippen LogP contribution in [0, 0.1) is 11.6 Å². The largest absolute Gasteiger partial charge is 0.357 e. The van der Waals surface area contributed by atoms with E-state index in [4.69, 9.17) is 0 Å². The number of amides is 3. The van der Waals surface area contributed by atoms with Crippen LogP contribution in [0.4, 0.5) is 19.3 Å². The fraction of sp³-hybridized carbons (Fsp3) is 0.294. The number of rotatable bonds is 3. The minimum absolute atomic E-state index is 0.0255. The third kappa shape index (κ3) is 4.14. The Labute approximate surface area is 143 Å². The monoisotopic (exact) mass is 348 g/mol. The van der Waals surface area contributed by atoms with Gasteiger partial charge in [0, 0.05) is 31.4 Å². The van der Waals surface area contributed by atoms with E-state index in [2.05, 4.69) is 15.6 Å². The molecule has 1 aromatic carbocycles. The van der Waals surface area contributed by atoms with Gasteiger partial charge >= 0.3 is 6.03 Å². The Bertz CT molecular complexity index is 756. The summed E-state index contributed by atoms with van der Waals surface area (Å²) in [7, 11) is 0. The van der Waals surface area contributed by atoms with Gasteiger partial charge in [-0.1, -0.05) is 0 Å². The van der Waals surface area contributed by atoms with Gasteiger partial charge in [0.25, 0.3) is 5.91 Å². The Balaban J connectivity index is 1.50. The van der Waals surface area contributed by atoms with Crippen molar-refractivity contribution >= 4 is 17.6 Å². The number of nitrogens with one attached hydrogen (secondary N) is 3. The second-order valence-electron chi connectivity index (χ2n) is 5.87. The second kappa shape index (κ2) is 7.33. The summed E-state index contributed by atoms with van der Waals surface area (Å²) >= 11 is 0. The van der Waals surface area contributed by atoms with Crippen molar-refractivity contribution in [1.29, 1.82) is 0 Å². The molecule has 0 saturated carbocycles. The van der Waals surface area contributed by atoms with E-state index in [-0.39, 0.29) is 17.6 Å². The van der Waals surface area contributed by atoms with Crippen molar-refractivity contribution in [3.05, 3.63) is 53.9 Å². The van der Waals surface area contributed by atoms with Crippen molar-refractivity contribution in [2.45, 2.75) is 18.9 Å². The van der Waals surface area contributed by atoms with Crippen molar-refractivity contribution in [3.63, 3.8) is 0 Å². The van der Waals surface area contributed by atoms with Gasteiger partial charge in [-0.05, 0) is 37.1 Å². The summed E-state index contributed by atoms with van der Waals surface area (Å²) in [5.41, 5.74) is 0.431. The first-order chi connectivity index (χ1) is 12.0. The lowest BCUT2D eigenvalue weighted by Gasteiger charge is -2.32. The van der Waals surface area contributed by atoms with Crippen molar-refractivity contribution in [2.75, 3.05) is 18.4 Å². The molecule has 0 unspecified atom stereocenters. The molecule has 3 amide bonds.